The van der Waals surface area contributed by atoms with Gasteiger partial charge in [-0.25, -0.2) is 0 Å². The van der Waals surface area contributed by atoms with E-state index in [0.29, 0.717) is 0 Å². The average Bonchev–Trinajstić information content (AvgIpc) is 2.20. The minimum atomic E-state index is 0. The van der Waals surface area contributed by atoms with Gasteiger partial charge in [-0.3, -0.25) is 0 Å². The molecule has 0 aliphatic heterocycles. The third-order valence-electron chi connectivity index (χ3n) is 0. The maximum Gasteiger partial charge on any atom is 0.106 e. The SMILES string of the molecule is C.C=O.CC.CC.CC.[3H]C. The van der Waals surface area contributed by atoms with Gasteiger partial charge in [-0.05, 0) is 0 Å². The normalized spacial score (nSPS) is 2.90. The summed E-state index contributed by atoms with van der Waals surface area (Å²) in [5.74, 6) is 0. The molecule has 1 heteroatoms. The summed E-state index contributed by atoms with van der Waals surface area (Å²) in [6, 6.07) is 0. The van der Waals surface area contributed by atoms with E-state index >= 15 is 0 Å². The Bertz CT molecular complexity index is 9.52. The van der Waals surface area contributed by atoms with E-state index in [0.717, 1.165) is 0 Å². The maximum absolute atomic E-state index is 8.00. The third-order valence-corrected chi connectivity index (χ3v) is 0. The monoisotopic (exact) mass is 154 g/mol. The summed E-state index contributed by atoms with van der Waals surface area (Å²) in [6.45, 7) is 14.0. The molecule has 0 saturated heterocycles. The van der Waals surface area contributed by atoms with Crippen molar-refractivity contribution >= 4 is 6.79 Å². The molecule has 0 fully saturated rings. The molecule has 0 N–H and O–H groups in total. The van der Waals surface area contributed by atoms with Crippen LogP contribution in [0.5, 0.6) is 0 Å². The van der Waals surface area contributed by atoms with Crippen molar-refractivity contribution in [1.82, 2.24) is 0 Å². The highest BCUT2D eigenvalue weighted by Gasteiger charge is 0.936. The lowest BCUT2D eigenvalue weighted by molar-refractivity contribution is -0.0979. The number of carbonyl (C=O) groups excluding carboxylic acids is 1. The molecule has 0 aliphatic rings. The topological polar surface area (TPSA) is 17.1 Å². The molecule has 0 amide bonds. The lowest BCUT2D eigenvalue weighted by Crippen LogP contribution is -0.925. The highest BCUT2D eigenvalue weighted by atomic mass is 16.1. The van der Waals surface area contributed by atoms with E-state index in [9.17, 15) is 0 Å². The second-order valence-electron chi connectivity index (χ2n) is 0. The first-order valence-corrected chi connectivity index (χ1v) is 3.29. The lowest BCUT2D eigenvalue weighted by Gasteiger charge is -1.07. The molecule has 0 saturated carbocycles. The van der Waals surface area contributed by atoms with E-state index in [4.69, 9.17) is 6.17 Å². The summed E-state index contributed by atoms with van der Waals surface area (Å²) in [7, 11) is 1.25. The van der Waals surface area contributed by atoms with Crippen molar-refractivity contribution in [3.05, 3.63) is 0 Å². The van der Waals surface area contributed by atoms with Gasteiger partial charge in [-0.15, -0.1) is 0 Å². The van der Waals surface area contributed by atoms with Crippen LogP contribution in [-0.4, -0.2) is 6.79 Å². The first-order chi connectivity index (χ1) is 5.00. The number of carbonyl (C=O) groups is 1. The van der Waals surface area contributed by atoms with Crippen molar-refractivity contribution in [1.29, 1.82) is 0 Å². The summed E-state index contributed by atoms with van der Waals surface area (Å²) in [6.07, 6.45) is 0. The molecule has 0 spiro atoms. The Morgan fingerprint density at radius 1 is 0.800 bits per heavy atom. The van der Waals surface area contributed by atoms with Gasteiger partial charge in [-0.1, -0.05) is 56.4 Å². The second kappa shape index (κ2) is 4680. The summed E-state index contributed by atoms with van der Waals surface area (Å²) in [5.41, 5.74) is 0. The molecule has 0 aromatic carbocycles. The molecule has 0 aromatic heterocycles. The molecule has 1 nitrogen and oxygen atoms in total. The number of rotatable bonds is 0. The van der Waals surface area contributed by atoms with Crippen LogP contribution in [0.1, 0.15) is 57.7 Å². The van der Waals surface area contributed by atoms with Crippen molar-refractivity contribution in [2.45, 2.75) is 56.4 Å². The molecule has 10 heavy (non-hydrogen) atoms. The van der Waals surface area contributed by atoms with Gasteiger partial charge in [0.25, 0.3) is 0 Å². The molecule has 0 rings (SSSR count). The van der Waals surface area contributed by atoms with Crippen LogP contribution in [0.3, 0.4) is 0 Å². The highest BCUT2D eigenvalue weighted by Crippen LogP contribution is 1.15. The Hall–Kier alpha value is -0.330. The first-order valence-electron chi connectivity index (χ1n) is 4.29. The molecule has 0 radical (unpaired) electrons. The van der Waals surface area contributed by atoms with E-state index in [1.807, 2.05) is 48.3 Å². The summed E-state index contributed by atoms with van der Waals surface area (Å²) >= 11 is 0. The smallest absolute Gasteiger partial charge is 0.106 e. The van der Waals surface area contributed by atoms with E-state index in [2.05, 4.69) is 0 Å². The predicted molar refractivity (Wildman–Crippen MR) is 54.6 cm³/mol. The fourth-order valence-electron chi connectivity index (χ4n) is 0. The summed E-state index contributed by atoms with van der Waals surface area (Å²) in [4.78, 5) is 8.00. The van der Waals surface area contributed by atoms with E-state index in [1.54, 1.807) is 0 Å². The predicted octanol–water partition coefficient (Wildman–Crippen LogP) is 4.17. The van der Waals surface area contributed by atoms with E-state index in [1.165, 1.54) is 7.40 Å². The maximum atomic E-state index is 8.00. The van der Waals surface area contributed by atoms with Crippen LogP contribution in [0.25, 0.3) is 0 Å². The second-order valence-corrected chi connectivity index (χ2v) is 0. The average molecular weight is 154 g/mol. The van der Waals surface area contributed by atoms with Gasteiger partial charge in [0.2, 0.25) is 0 Å². The molecule has 0 atom stereocenters. The summed E-state index contributed by atoms with van der Waals surface area (Å²) < 4.78 is 5.75. The van der Waals surface area contributed by atoms with Crippen molar-refractivity contribution < 1.29 is 6.17 Å². The molecule has 0 aliphatic carbocycles. The van der Waals surface area contributed by atoms with Gasteiger partial charge >= 0.3 is 0 Å². The quantitative estimate of drug-likeness (QED) is 0.512. The largest absolute Gasteiger partial charge is 0.307 e. The Morgan fingerprint density at radius 2 is 0.800 bits per heavy atom. The van der Waals surface area contributed by atoms with Gasteiger partial charge < -0.3 is 4.79 Å². The van der Waals surface area contributed by atoms with Gasteiger partial charge in [0, 0.05) is 1.37 Å². The molecule has 0 unspecified atom stereocenters. The van der Waals surface area contributed by atoms with Crippen molar-refractivity contribution in [2.75, 3.05) is 0 Å². The Balaban J connectivity index is -0.00000000694. The van der Waals surface area contributed by atoms with Crippen LogP contribution in [0, 0.1) is 0 Å². The van der Waals surface area contributed by atoms with Crippen LogP contribution in [0.2, 0.25) is 0 Å². The molecule has 70 valence electrons. The van der Waals surface area contributed by atoms with Crippen molar-refractivity contribution in [3.8, 4) is 0 Å². The fourth-order valence-corrected chi connectivity index (χ4v) is 0. The Morgan fingerprint density at radius 3 is 0.800 bits per heavy atom. The van der Waals surface area contributed by atoms with Crippen LogP contribution >= 0.6 is 0 Å². The zero-order valence-corrected chi connectivity index (χ0v) is 8.12. The molecular formula is C9H28O. The van der Waals surface area contributed by atoms with Gasteiger partial charge in [0.15, 0.2) is 0 Å². The van der Waals surface area contributed by atoms with Crippen molar-refractivity contribution in [3.63, 3.8) is 0 Å². The molecule has 0 heterocycles. The van der Waals surface area contributed by atoms with Gasteiger partial charge in [0.1, 0.15) is 6.79 Å². The van der Waals surface area contributed by atoms with Crippen molar-refractivity contribution in [2.24, 2.45) is 0 Å². The standard InChI is InChI=1S/3C2H6.CH2O.2CH4/c4*1-2;;/h3*1-2H3;1H2;2*1H4/i;;;;1T;. The van der Waals surface area contributed by atoms with Crippen LogP contribution in [0.4, 0.5) is 0 Å². The molecule has 0 bridgehead atoms. The Kier molecular flexibility index (Phi) is 15600. The minimum Gasteiger partial charge on any atom is -0.307 e. The van der Waals surface area contributed by atoms with E-state index < -0.39 is 0 Å². The zero-order chi connectivity index (χ0) is 10.0. The zero-order valence-electron chi connectivity index (χ0n) is 9.12. The third kappa shape index (κ3) is 3130. The molecule has 0 aromatic rings. The fraction of sp³-hybridized carbons (Fsp3) is 0.889. The van der Waals surface area contributed by atoms with Gasteiger partial charge in [-0.2, -0.15) is 0 Å². The number of hydrogen-bond donors (Lipinski definition) is 0. The van der Waals surface area contributed by atoms with Crippen LogP contribution in [-0.2, 0) is 4.79 Å². The highest BCUT2D eigenvalue weighted by molar-refractivity contribution is 5.10. The lowest BCUT2D eigenvalue weighted by atomic mass is 11.0. The Labute approximate surface area is 70.3 Å². The van der Waals surface area contributed by atoms with E-state index in [-0.39, 0.29) is 7.43 Å². The van der Waals surface area contributed by atoms with Crippen LogP contribution in [0.15, 0.2) is 0 Å². The first kappa shape index (κ1) is 33.3. The summed E-state index contributed by atoms with van der Waals surface area (Å²) in [5, 5.41) is 0. The molecular weight excluding hydrogens is 124 g/mol. The van der Waals surface area contributed by atoms with Gasteiger partial charge in [0.05, 0.1) is 0 Å². The number of hydrogen-bond acceptors (Lipinski definition) is 1. The van der Waals surface area contributed by atoms with Crippen LogP contribution < -0.4 is 0 Å². The minimum absolute atomic E-state index is 0.